The average Bonchev–Trinajstić information content (AvgIpc) is 3.42. The van der Waals surface area contributed by atoms with Gasteiger partial charge in [-0.15, -0.1) is 0 Å². The van der Waals surface area contributed by atoms with Crippen LogP contribution >= 0.6 is 0 Å². The van der Waals surface area contributed by atoms with Gasteiger partial charge in [-0.05, 0) is 146 Å². The second kappa shape index (κ2) is 8.54. The minimum absolute atomic E-state index is 0.0555. The SMILES string of the molecule is CC12CCC3c4ccc(Oc5ccc6c(c5)CCC5C6CCC6(C)C(=O)CCC56)cc4CCC3C1CCC2=O. The van der Waals surface area contributed by atoms with Crippen LogP contribution < -0.4 is 4.74 Å². The van der Waals surface area contributed by atoms with Crippen molar-refractivity contribution >= 4 is 11.6 Å². The molecule has 0 spiro atoms. The molecule has 204 valence electrons. The van der Waals surface area contributed by atoms with Crippen LogP contribution in [0.15, 0.2) is 36.4 Å². The number of ketones is 2. The van der Waals surface area contributed by atoms with E-state index in [9.17, 15) is 9.59 Å². The van der Waals surface area contributed by atoms with Crippen LogP contribution in [0.1, 0.15) is 112 Å². The number of ether oxygens (including phenoxy) is 1. The van der Waals surface area contributed by atoms with Crippen LogP contribution in [0.4, 0.5) is 0 Å². The Labute approximate surface area is 233 Å². The van der Waals surface area contributed by atoms with Gasteiger partial charge < -0.3 is 4.74 Å². The summed E-state index contributed by atoms with van der Waals surface area (Å²) >= 11 is 0. The van der Waals surface area contributed by atoms with E-state index in [2.05, 4.69) is 50.2 Å². The highest BCUT2D eigenvalue weighted by molar-refractivity contribution is 5.87. The number of carbonyl (C=O) groups excluding carboxylic acids is 2. The van der Waals surface area contributed by atoms with Gasteiger partial charge >= 0.3 is 0 Å². The Kier molecular flexibility index (Phi) is 5.34. The summed E-state index contributed by atoms with van der Waals surface area (Å²) in [6.45, 7) is 4.52. The standard InChI is InChI=1S/C36H42O3/c1-35-17-15-27-25-9-5-23(19-21(25)3-7-29(27)31(35)11-13-33(35)37)39-24-6-10-26-22(20-24)4-8-30-28(26)16-18-36(2)32(30)12-14-34(36)38/h5-6,9-10,19-20,27-32H,3-4,7-8,11-18H2,1-2H3. The molecular formula is C36H42O3. The zero-order valence-electron chi connectivity index (χ0n) is 23.6. The average molecular weight is 523 g/mol. The van der Waals surface area contributed by atoms with Crippen molar-refractivity contribution in [2.45, 2.75) is 103 Å². The van der Waals surface area contributed by atoms with Crippen molar-refractivity contribution in [1.82, 2.24) is 0 Å². The number of hydrogen-bond donors (Lipinski definition) is 0. The first-order valence-corrected chi connectivity index (χ1v) is 15.9. The third kappa shape index (κ3) is 3.47. The molecule has 0 heterocycles. The molecule has 2 aromatic carbocycles. The Morgan fingerprint density at radius 1 is 0.615 bits per heavy atom. The second-order valence-corrected chi connectivity index (χ2v) is 14.5. The normalized spacial score (nSPS) is 40.2. The predicted octanol–water partition coefficient (Wildman–Crippen LogP) is 8.33. The quantitative estimate of drug-likeness (QED) is 0.398. The molecule has 0 N–H and O–H groups in total. The molecule has 8 atom stereocenters. The molecule has 4 fully saturated rings. The van der Waals surface area contributed by atoms with Crippen molar-refractivity contribution in [1.29, 1.82) is 0 Å². The van der Waals surface area contributed by atoms with Crippen molar-refractivity contribution in [3.05, 3.63) is 58.7 Å². The molecule has 3 heteroatoms. The van der Waals surface area contributed by atoms with E-state index in [1.807, 2.05) is 0 Å². The van der Waals surface area contributed by atoms with Crippen LogP contribution in [0.2, 0.25) is 0 Å². The number of benzene rings is 2. The van der Waals surface area contributed by atoms with E-state index in [-0.39, 0.29) is 10.8 Å². The minimum atomic E-state index is -0.0555. The monoisotopic (exact) mass is 522 g/mol. The summed E-state index contributed by atoms with van der Waals surface area (Å²) < 4.78 is 6.49. The fourth-order valence-corrected chi connectivity index (χ4v) is 10.9. The summed E-state index contributed by atoms with van der Waals surface area (Å²) in [7, 11) is 0. The predicted molar refractivity (Wildman–Crippen MR) is 152 cm³/mol. The Morgan fingerprint density at radius 3 is 1.54 bits per heavy atom. The van der Waals surface area contributed by atoms with Crippen LogP contribution in [-0.4, -0.2) is 11.6 Å². The summed E-state index contributed by atoms with van der Waals surface area (Å²) in [6, 6.07) is 13.6. The van der Waals surface area contributed by atoms with E-state index in [4.69, 9.17) is 4.74 Å². The van der Waals surface area contributed by atoms with Crippen LogP contribution in [-0.2, 0) is 22.4 Å². The highest BCUT2D eigenvalue weighted by Gasteiger charge is 2.55. The zero-order chi connectivity index (χ0) is 26.5. The van der Waals surface area contributed by atoms with Crippen LogP contribution in [0.25, 0.3) is 0 Å². The molecule has 8 rings (SSSR count). The van der Waals surface area contributed by atoms with Crippen LogP contribution in [0.3, 0.4) is 0 Å². The van der Waals surface area contributed by atoms with Gasteiger partial charge in [0.2, 0.25) is 0 Å². The molecule has 6 aliphatic rings. The highest BCUT2D eigenvalue weighted by Crippen LogP contribution is 2.61. The van der Waals surface area contributed by atoms with Crippen LogP contribution in [0.5, 0.6) is 11.5 Å². The first-order chi connectivity index (χ1) is 18.8. The van der Waals surface area contributed by atoms with Crippen molar-refractivity contribution in [2.24, 2.45) is 34.5 Å². The van der Waals surface area contributed by atoms with E-state index < -0.39 is 0 Å². The van der Waals surface area contributed by atoms with Gasteiger partial charge in [0, 0.05) is 23.7 Å². The molecule has 39 heavy (non-hydrogen) atoms. The van der Waals surface area contributed by atoms with Crippen LogP contribution in [0, 0.1) is 34.5 Å². The molecule has 8 unspecified atom stereocenters. The number of rotatable bonds is 2. The lowest BCUT2D eigenvalue weighted by Gasteiger charge is -2.48. The van der Waals surface area contributed by atoms with Gasteiger partial charge in [-0.2, -0.15) is 0 Å². The number of fused-ring (bicyclic) bond motifs is 10. The maximum Gasteiger partial charge on any atom is 0.139 e. The maximum atomic E-state index is 12.7. The van der Waals surface area contributed by atoms with E-state index in [1.165, 1.54) is 35.1 Å². The summed E-state index contributed by atoms with van der Waals surface area (Å²) in [6.07, 6.45) is 12.8. The van der Waals surface area contributed by atoms with E-state index in [0.29, 0.717) is 47.1 Å². The van der Waals surface area contributed by atoms with Gasteiger partial charge in [0.15, 0.2) is 0 Å². The maximum absolute atomic E-state index is 12.7. The Morgan fingerprint density at radius 2 is 1.08 bits per heavy atom. The molecule has 3 nitrogen and oxygen atoms in total. The molecule has 0 saturated heterocycles. The van der Waals surface area contributed by atoms with Crippen molar-refractivity contribution < 1.29 is 14.3 Å². The van der Waals surface area contributed by atoms with Gasteiger partial charge in [-0.3, -0.25) is 9.59 Å². The van der Waals surface area contributed by atoms with Crippen molar-refractivity contribution in [3.8, 4) is 11.5 Å². The number of Topliss-reactive ketones (excluding diaryl/α,β-unsaturated/α-hetero) is 2. The number of carbonyl (C=O) groups is 2. The lowest BCUT2D eigenvalue weighted by molar-refractivity contribution is -0.130. The van der Waals surface area contributed by atoms with Gasteiger partial charge in [0.05, 0.1) is 0 Å². The molecule has 6 aliphatic carbocycles. The van der Waals surface area contributed by atoms with E-state index >= 15 is 0 Å². The molecule has 0 bridgehead atoms. The summed E-state index contributed by atoms with van der Waals surface area (Å²) in [5.74, 6) is 6.66. The van der Waals surface area contributed by atoms with Gasteiger partial charge in [0.25, 0.3) is 0 Å². The number of hydrogen-bond acceptors (Lipinski definition) is 3. The largest absolute Gasteiger partial charge is 0.457 e. The fourth-order valence-electron chi connectivity index (χ4n) is 10.9. The Hall–Kier alpha value is -2.42. The third-order valence-corrected chi connectivity index (χ3v) is 13.0. The summed E-state index contributed by atoms with van der Waals surface area (Å²) in [4.78, 5) is 25.3. The molecule has 0 aromatic heterocycles. The van der Waals surface area contributed by atoms with Gasteiger partial charge in [-0.25, -0.2) is 0 Å². The Bertz CT molecular complexity index is 1270. The lowest BCUT2D eigenvalue weighted by atomic mass is 9.55. The zero-order valence-corrected chi connectivity index (χ0v) is 23.6. The lowest BCUT2D eigenvalue weighted by Crippen LogP contribution is -2.42. The Balaban J connectivity index is 1.01. The van der Waals surface area contributed by atoms with Crippen molar-refractivity contribution in [2.75, 3.05) is 0 Å². The fraction of sp³-hybridized carbons (Fsp3) is 0.611. The smallest absolute Gasteiger partial charge is 0.139 e. The first-order valence-electron chi connectivity index (χ1n) is 15.9. The summed E-state index contributed by atoms with van der Waals surface area (Å²) in [5.41, 5.74) is 5.84. The molecule has 0 radical (unpaired) electrons. The molecule has 0 aliphatic heterocycles. The first kappa shape index (κ1) is 24.4. The van der Waals surface area contributed by atoms with Crippen molar-refractivity contribution in [3.63, 3.8) is 0 Å². The van der Waals surface area contributed by atoms with Gasteiger partial charge in [-0.1, -0.05) is 26.0 Å². The molecule has 4 saturated carbocycles. The van der Waals surface area contributed by atoms with E-state index in [0.717, 1.165) is 75.7 Å². The molecule has 2 aromatic rings. The molecule has 0 amide bonds. The topological polar surface area (TPSA) is 43.4 Å². The van der Waals surface area contributed by atoms with Gasteiger partial charge in [0.1, 0.15) is 23.1 Å². The third-order valence-electron chi connectivity index (χ3n) is 13.0. The highest BCUT2D eigenvalue weighted by atomic mass is 16.5. The second-order valence-electron chi connectivity index (χ2n) is 14.5. The molecular weight excluding hydrogens is 480 g/mol. The van der Waals surface area contributed by atoms with E-state index in [1.54, 1.807) is 0 Å². The number of aryl methyl sites for hydroxylation is 2. The summed E-state index contributed by atoms with van der Waals surface area (Å²) in [5, 5.41) is 0. The minimum Gasteiger partial charge on any atom is -0.457 e.